The zero-order valence-electron chi connectivity index (χ0n) is 14.0. The van der Waals surface area contributed by atoms with Crippen LogP contribution in [-0.4, -0.2) is 5.11 Å². The van der Waals surface area contributed by atoms with Gasteiger partial charge in [-0.15, -0.1) is 0 Å². The zero-order valence-corrected chi connectivity index (χ0v) is 14.8. The number of thiocarbonyl (C=S) groups is 1. The molecule has 0 aliphatic rings. The first kappa shape index (κ1) is 16.5. The van der Waals surface area contributed by atoms with E-state index < -0.39 is 0 Å². The molecule has 0 aliphatic carbocycles. The van der Waals surface area contributed by atoms with Crippen molar-refractivity contribution in [3.63, 3.8) is 0 Å². The fourth-order valence-electron chi connectivity index (χ4n) is 2.97. The Hall–Kier alpha value is -2.39. The Labute approximate surface area is 148 Å². The second-order valence-corrected chi connectivity index (χ2v) is 6.45. The Morgan fingerprint density at radius 2 is 1.38 bits per heavy atom. The first-order valence-corrected chi connectivity index (χ1v) is 8.65. The fourth-order valence-corrected chi connectivity index (χ4v) is 3.32. The Balaban J connectivity index is 1.70. The van der Waals surface area contributed by atoms with E-state index in [2.05, 4.69) is 79.1 Å². The molecule has 122 valence electrons. The van der Waals surface area contributed by atoms with Crippen LogP contribution < -0.4 is 10.6 Å². The van der Waals surface area contributed by atoms with Crippen molar-refractivity contribution in [2.75, 3.05) is 0 Å². The summed E-state index contributed by atoms with van der Waals surface area (Å²) in [4.78, 5) is 0. The van der Waals surface area contributed by atoms with Crippen molar-refractivity contribution in [1.82, 2.24) is 10.6 Å². The van der Waals surface area contributed by atoms with E-state index in [1.807, 2.05) is 18.2 Å². The van der Waals surface area contributed by atoms with Gasteiger partial charge in [-0.25, -0.2) is 0 Å². The third kappa shape index (κ3) is 3.74. The minimum atomic E-state index is 0.138. The second kappa shape index (κ2) is 7.45. The molecule has 0 fully saturated rings. The van der Waals surface area contributed by atoms with Crippen molar-refractivity contribution in [3.8, 4) is 0 Å². The van der Waals surface area contributed by atoms with E-state index in [0.717, 1.165) is 0 Å². The van der Waals surface area contributed by atoms with Crippen LogP contribution in [0.4, 0.5) is 0 Å². The molecule has 0 radical (unpaired) electrons. The monoisotopic (exact) mass is 334 g/mol. The van der Waals surface area contributed by atoms with Gasteiger partial charge in [-0.05, 0) is 48.0 Å². The van der Waals surface area contributed by atoms with Crippen molar-refractivity contribution in [1.29, 1.82) is 0 Å². The number of rotatable bonds is 4. The number of fused-ring (bicyclic) bond motifs is 1. The zero-order chi connectivity index (χ0) is 16.9. The standard InChI is InChI=1S/C21H22N2S/c1-15(17-9-4-3-5-10-17)22-21(24)23-16(2)19-14-8-12-18-11-6-7-13-20(18)19/h3-16H,1-2H3,(H2,22,23,24)/t15-,16-/m1/s1. The van der Waals surface area contributed by atoms with Crippen LogP contribution in [0.3, 0.4) is 0 Å². The van der Waals surface area contributed by atoms with Gasteiger partial charge in [0.2, 0.25) is 0 Å². The van der Waals surface area contributed by atoms with Crippen molar-refractivity contribution in [3.05, 3.63) is 83.9 Å². The predicted molar refractivity (Wildman–Crippen MR) is 106 cm³/mol. The van der Waals surface area contributed by atoms with Gasteiger partial charge in [0.05, 0.1) is 12.1 Å². The van der Waals surface area contributed by atoms with Gasteiger partial charge >= 0.3 is 0 Å². The second-order valence-electron chi connectivity index (χ2n) is 6.04. The number of benzene rings is 3. The molecule has 0 heterocycles. The van der Waals surface area contributed by atoms with Crippen LogP contribution in [-0.2, 0) is 0 Å². The molecule has 0 bridgehead atoms. The smallest absolute Gasteiger partial charge is 0.167 e. The highest BCUT2D eigenvalue weighted by atomic mass is 32.1. The maximum atomic E-state index is 5.51. The van der Waals surface area contributed by atoms with Crippen molar-refractivity contribution >= 4 is 28.1 Å². The lowest BCUT2D eigenvalue weighted by atomic mass is 10.00. The Bertz CT molecular complexity index is 824. The van der Waals surface area contributed by atoms with Crippen LogP contribution in [0.2, 0.25) is 0 Å². The van der Waals surface area contributed by atoms with Gasteiger partial charge in [0.15, 0.2) is 5.11 Å². The van der Waals surface area contributed by atoms with Crippen LogP contribution in [0, 0.1) is 0 Å². The van der Waals surface area contributed by atoms with Gasteiger partial charge < -0.3 is 10.6 Å². The molecule has 0 spiro atoms. The molecular formula is C21H22N2S. The number of hydrogen-bond acceptors (Lipinski definition) is 1. The predicted octanol–water partition coefficient (Wildman–Crippen LogP) is 5.13. The largest absolute Gasteiger partial charge is 0.356 e. The van der Waals surface area contributed by atoms with E-state index in [1.54, 1.807) is 0 Å². The Morgan fingerprint density at radius 1 is 0.750 bits per heavy atom. The molecule has 2 atom stereocenters. The average Bonchev–Trinajstić information content (AvgIpc) is 2.61. The van der Waals surface area contributed by atoms with Gasteiger partial charge in [-0.3, -0.25) is 0 Å². The third-order valence-corrected chi connectivity index (χ3v) is 4.52. The fraction of sp³-hybridized carbons (Fsp3) is 0.190. The first-order chi connectivity index (χ1) is 11.6. The first-order valence-electron chi connectivity index (χ1n) is 8.25. The molecule has 0 aliphatic heterocycles. The molecule has 0 aromatic heterocycles. The normalized spacial score (nSPS) is 13.2. The summed E-state index contributed by atoms with van der Waals surface area (Å²) in [6.45, 7) is 4.26. The van der Waals surface area contributed by atoms with E-state index in [4.69, 9.17) is 12.2 Å². The molecule has 2 N–H and O–H groups in total. The van der Waals surface area contributed by atoms with Gasteiger partial charge in [-0.1, -0.05) is 72.8 Å². The molecular weight excluding hydrogens is 312 g/mol. The molecule has 0 unspecified atom stereocenters. The molecule has 3 aromatic rings. The van der Waals surface area contributed by atoms with E-state index >= 15 is 0 Å². The van der Waals surface area contributed by atoms with Gasteiger partial charge in [0, 0.05) is 0 Å². The molecule has 24 heavy (non-hydrogen) atoms. The molecule has 3 heteroatoms. The van der Waals surface area contributed by atoms with Crippen LogP contribution in [0.5, 0.6) is 0 Å². The van der Waals surface area contributed by atoms with Gasteiger partial charge in [0.25, 0.3) is 0 Å². The molecule has 3 aromatic carbocycles. The quantitative estimate of drug-likeness (QED) is 0.647. The van der Waals surface area contributed by atoms with E-state index in [1.165, 1.54) is 21.9 Å². The van der Waals surface area contributed by atoms with Crippen LogP contribution in [0.15, 0.2) is 72.8 Å². The Kier molecular flexibility index (Phi) is 5.11. The van der Waals surface area contributed by atoms with Gasteiger partial charge in [0.1, 0.15) is 0 Å². The average molecular weight is 334 g/mol. The summed E-state index contributed by atoms with van der Waals surface area (Å²) < 4.78 is 0. The van der Waals surface area contributed by atoms with Crippen LogP contribution in [0.1, 0.15) is 37.1 Å². The highest BCUT2D eigenvalue weighted by molar-refractivity contribution is 7.80. The van der Waals surface area contributed by atoms with E-state index in [-0.39, 0.29) is 12.1 Å². The SMILES string of the molecule is C[C@@H](NC(=S)N[C@H](C)c1cccc2ccccc12)c1ccccc1. The molecule has 3 rings (SSSR count). The number of hydrogen-bond donors (Lipinski definition) is 2. The lowest BCUT2D eigenvalue weighted by molar-refractivity contribution is 0.658. The summed E-state index contributed by atoms with van der Waals surface area (Å²) in [5, 5.41) is 9.96. The maximum absolute atomic E-state index is 5.51. The molecule has 0 amide bonds. The van der Waals surface area contributed by atoms with Crippen LogP contribution >= 0.6 is 12.2 Å². The summed E-state index contributed by atoms with van der Waals surface area (Å²) in [6.07, 6.45) is 0. The minimum Gasteiger partial charge on any atom is -0.356 e. The highest BCUT2D eigenvalue weighted by Crippen LogP contribution is 2.24. The van der Waals surface area contributed by atoms with Crippen molar-refractivity contribution < 1.29 is 0 Å². The Morgan fingerprint density at radius 3 is 2.17 bits per heavy atom. The van der Waals surface area contributed by atoms with Crippen molar-refractivity contribution in [2.24, 2.45) is 0 Å². The van der Waals surface area contributed by atoms with E-state index in [0.29, 0.717) is 5.11 Å². The summed E-state index contributed by atoms with van der Waals surface area (Å²) in [5.41, 5.74) is 2.48. The minimum absolute atomic E-state index is 0.138. The van der Waals surface area contributed by atoms with E-state index in [9.17, 15) is 0 Å². The third-order valence-electron chi connectivity index (χ3n) is 4.28. The summed E-state index contributed by atoms with van der Waals surface area (Å²) in [5.74, 6) is 0. The highest BCUT2D eigenvalue weighted by Gasteiger charge is 2.12. The van der Waals surface area contributed by atoms with Crippen molar-refractivity contribution in [2.45, 2.75) is 25.9 Å². The topological polar surface area (TPSA) is 24.1 Å². The lowest BCUT2D eigenvalue weighted by Crippen LogP contribution is -2.38. The number of nitrogens with one attached hydrogen (secondary N) is 2. The van der Waals surface area contributed by atoms with Crippen LogP contribution in [0.25, 0.3) is 10.8 Å². The summed E-state index contributed by atoms with van der Waals surface area (Å²) >= 11 is 5.51. The van der Waals surface area contributed by atoms with Gasteiger partial charge in [-0.2, -0.15) is 0 Å². The molecule has 0 saturated carbocycles. The summed E-state index contributed by atoms with van der Waals surface area (Å²) in [6, 6.07) is 25.5. The lowest BCUT2D eigenvalue weighted by Gasteiger charge is -2.22. The summed E-state index contributed by atoms with van der Waals surface area (Å²) in [7, 11) is 0. The maximum Gasteiger partial charge on any atom is 0.167 e. The molecule has 2 nitrogen and oxygen atoms in total. The molecule has 0 saturated heterocycles.